The number of hydrogen-bond donors (Lipinski definition) is 1. The maximum atomic E-state index is 8.60. The zero-order valence-corrected chi connectivity index (χ0v) is 10.1. The molecule has 0 amide bonds. The van der Waals surface area contributed by atoms with Crippen molar-refractivity contribution >= 4 is 22.8 Å². The minimum atomic E-state index is 0.270. The van der Waals surface area contributed by atoms with E-state index in [4.69, 9.17) is 5.26 Å². The van der Waals surface area contributed by atoms with Crippen molar-refractivity contribution in [3.63, 3.8) is 0 Å². The van der Waals surface area contributed by atoms with Gasteiger partial charge in [0.05, 0.1) is 17.1 Å². The predicted molar refractivity (Wildman–Crippen MR) is 66.4 cm³/mol. The fraction of sp³-hybridized carbons (Fsp3) is 0.333. The molecule has 2 aromatic rings. The fourth-order valence-electron chi connectivity index (χ4n) is 1.52. The van der Waals surface area contributed by atoms with Gasteiger partial charge in [-0.1, -0.05) is 24.8 Å². The van der Waals surface area contributed by atoms with Crippen molar-refractivity contribution in [3.8, 4) is 6.07 Å². The number of rotatable bonds is 3. The third-order valence-corrected chi connectivity index (χ3v) is 3.29. The summed E-state index contributed by atoms with van der Waals surface area (Å²) in [5, 5.41) is 9.76. The van der Waals surface area contributed by atoms with Crippen molar-refractivity contribution < 1.29 is 0 Å². The lowest BCUT2D eigenvalue weighted by atomic mass is 10.2. The van der Waals surface area contributed by atoms with Gasteiger partial charge in [-0.15, -0.1) is 0 Å². The Morgan fingerprint density at radius 1 is 1.56 bits per heavy atom. The molecule has 0 saturated carbocycles. The van der Waals surface area contributed by atoms with Crippen molar-refractivity contribution in [2.24, 2.45) is 0 Å². The molecule has 0 aliphatic carbocycles. The molecular weight excluding hydrogens is 218 g/mol. The molecule has 4 heteroatoms. The summed E-state index contributed by atoms with van der Waals surface area (Å²) < 4.78 is 0. The van der Waals surface area contributed by atoms with E-state index < -0.39 is 0 Å². The number of aromatic nitrogens is 2. The first-order chi connectivity index (χ1) is 7.69. The van der Waals surface area contributed by atoms with Gasteiger partial charge >= 0.3 is 0 Å². The molecule has 1 aromatic heterocycles. The first kappa shape index (κ1) is 11.0. The maximum absolute atomic E-state index is 8.60. The zero-order chi connectivity index (χ0) is 11.5. The van der Waals surface area contributed by atoms with Crippen LogP contribution in [0.4, 0.5) is 0 Å². The number of imidazole rings is 1. The topological polar surface area (TPSA) is 52.5 Å². The summed E-state index contributed by atoms with van der Waals surface area (Å²) in [6.07, 6.45) is 0.542. The Morgan fingerprint density at radius 2 is 2.38 bits per heavy atom. The average molecular weight is 231 g/mol. The van der Waals surface area contributed by atoms with Gasteiger partial charge in [0.15, 0.2) is 5.16 Å². The number of aromatic amines is 1. The molecular formula is C12H13N3S. The highest BCUT2D eigenvalue weighted by atomic mass is 32.2. The molecule has 82 valence electrons. The van der Waals surface area contributed by atoms with Crippen LogP contribution in [0.2, 0.25) is 0 Å². The fourth-order valence-corrected chi connectivity index (χ4v) is 2.38. The molecule has 2 rings (SSSR count). The molecule has 1 atom stereocenters. The van der Waals surface area contributed by atoms with E-state index in [1.54, 1.807) is 11.8 Å². The van der Waals surface area contributed by atoms with Crippen molar-refractivity contribution in [1.29, 1.82) is 5.26 Å². The highest BCUT2D eigenvalue weighted by Crippen LogP contribution is 2.25. The maximum Gasteiger partial charge on any atom is 0.166 e. The summed E-state index contributed by atoms with van der Waals surface area (Å²) in [4.78, 5) is 7.74. The molecule has 1 aromatic carbocycles. The molecule has 0 fully saturated rings. The number of fused-ring (bicyclic) bond motifs is 1. The van der Waals surface area contributed by atoms with Crippen LogP contribution in [-0.4, -0.2) is 15.2 Å². The van der Waals surface area contributed by atoms with Crippen LogP contribution >= 0.6 is 11.8 Å². The van der Waals surface area contributed by atoms with Crippen LogP contribution in [0.25, 0.3) is 11.0 Å². The summed E-state index contributed by atoms with van der Waals surface area (Å²) in [7, 11) is 0. The lowest BCUT2D eigenvalue weighted by Crippen LogP contribution is -1.93. The van der Waals surface area contributed by atoms with Gasteiger partial charge in [-0.3, -0.25) is 0 Å². The van der Waals surface area contributed by atoms with E-state index in [1.807, 2.05) is 13.0 Å². The van der Waals surface area contributed by atoms with Crippen LogP contribution in [0.3, 0.4) is 0 Å². The third kappa shape index (κ3) is 2.37. The minimum Gasteiger partial charge on any atom is -0.333 e. The first-order valence-corrected chi connectivity index (χ1v) is 6.07. The van der Waals surface area contributed by atoms with Gasteiger partial charge in [-0.25, -0.2) is 4.98 Å². The summed E-state index contributed by atoms with van der Waals surface area (Å²) in [6.45, 7) is 4.09. The molecule has 0 radical (unpaired) electrons. The number of nitrogens with one attached hydrogen (secondary N) is 1. The lowest BCUT2D eigenvalue weighted by molar-refractivity contribution is 0.969. The Balaban J connectivity index is 2.23. The number of hydrogen-bond acceptors (Lipinski definition) is 3. The van der Waals surface area contributed by atoms with Gasteiger partial charge in [0.2, 0.25) is 0 Å². The molecule has 0 aliphatic heterocycles. The summed E-state index contributed by atoms with van der Waals surface area (Å²) in [5.41, 5.74) is 3.27. The molecule has 0 bridgehead atoms. The first-order valence-electron chi connectivity index (χ1n) is 5.19. The Labute approximate surface area is 98.9 Å². The van der Waals surface area contributed by atoms with Crippen molar-refractivity contribution in [1.82, 2.24) is 9.97 Å². The lowest BCUT2D eigenvalue weighted by Gasteiger charge is -2.01. The summed E-state index contributed by atoms with van der Waals surface area (Å²) in [5.74, 6) is 0. The second-order valence-corrected chi connectivity index (χ2v) is 5.28. The van der Waals surface area contributed by atoms with Gasteiger partial charge in [-0.2, -0.15) is 5.26 Å². The van der Waals surface area contributed by atoms with Gasteiger partial charge in [0.1, 0.15) is 0 Å². The van der Waals surface area contributed by atoms with E-state index in [0.717, 1.165) is 16.2 Å². The van der Waals surface area contributed by atoms with Crippen LogP contribution in [0.15, 0.2) is 23.4 Å². The number of aryl methyl sites for hydroxylation is 1. The normalized spacial score (nSPS) is 12.6. The van der Waals surface area contributed by atoms with Crippen LogP contribution in [0, 0.1) is 18.3 Å². The molecule has 0 saturated heterocycles. The number of benzene rings is 1. The van der Waals surface area contributed by atoms with E-state index >= 15 is 0 Å². The number of thioether (sulfide) groups is 1. The Morgan fingerprint density at radius 3 is 3.12 bits per heavy atom. The highest BCUT2D eigenvalue weighted by Gasteiger charge is 2.08. The molecule has 0 spiro atoms. The van der Waals surface area contributed by atoms with Gasteiger partial charge in [-0.05, 0) is 24.6 Å². The smallest absolute Gasteiger partial charge is 0.166 e. The van der Waals surface area contributed by atoms with Gasteiger partial charge in [0, 0.05) is 11.7 Å². The summed E-state index contributed by atoms with van der Waals surface area (Å²) >= 11 is 1.61. The van der Waals surface area contributed by atoms with Gasteiger partial charge in [0.25, 0.3) is 0 Å². The van der Waals surface area contributed by atoms with E-state index in [2.05, 4.69) is 35.1 Å². The van der Waals surface area contributed by atoms with Gasteiger partial charge < -0.3 is 4.98 Å². The third-order valence-electron chi connectivity index (χ3n) is 2.31. The van der Waals surface area contributed by atoms with E-state index in [-0.39, 0.29) is 5.25 Å². The Bertz CT molecular complexity index is 539. The van der Waals surface area contributed by atoms with Crippen molar-refractivity contribution in [2.45, 2.75) is 30.7 Å². The van der Waals surface area contributed by atoms with Crippen LogP contribution < -0.4 is 0 Å². The molecule has 0 aliphatic rings. The van der Waals surface area contributed by atoms with E-state index in [1.165, 1.54) is 5.56 Å². The standard InChI is InChI=1S/C12H13N3S/c1-8-3-4-10-11(7-8)15-12(14-10)16-9(2)5-6-13/h3-4,7,9H,5H2,1-2H3,(H,14,15). The number of nitrogens with zero attached hydrogens (tertiary/aromatic N) is 2. The predicted octanol–water partition coefficient (Wildman–Crippen LogP) is 3.27. The Hall–Kier alpha value is -1.47. The quantitative estimate of drug-likeness (QED) is 0.825. The molecule has 1 heterocycles. The SMILES string of the molecule is Cc1ccc2nc(SC(C)CC#N)[nH]c2c1. The molecule has 16 heavy (non-hydrogen) atoms. The highest BCUT2D eigenvalue weighted by molar-refractivity contribution is 7.99. The van der Waals surface area contributed by atoms with Crippen molar-refractivity contribution in [3.05, 3.63) is 23.8 Å². The largest absolute Gasteiger partial charge is 0.333 e. The van der Waals surface area contributed by atoms with E-state index in [9.17, 15) is 0 Å². The van der Waals surface area contributed by atoms with Crippen LogP contribution in [-0.2, 0) is 0 Å². The molecule has 1 unspecified atom stereocenters. The van der Waals surface area contributed by atoms with Crippen LogP contribution in [0.5, 0.6) is 0 Å². The second-order valence-electron chi connectivity index (χ2n) is 3.85. The number of nitriles is 1. The molecule has 3 nitrogen and oxygen atoms in total. The zero-order valence-electron chi connectivity index (χ0n) is 9.32. The molecule has 1 N–H and O–H groups in total. The second kappa shape index (κ2) is 4.58. The minimum absolute atomic E-state index is 0.270. The van der Waals surface area contributed by atoms with E-state index in [0.29, 0.717) is 6.42 Å². The average Bonchev–Trinajstić information content (AvgIpc) is 2.59. The van der Waals surface area contributed by atoms with Crippen molar-refractivity contribution in [2.75, 3.05) is 0 Å². The monoisotopic (exact) mass is 231 g/mol. The number of H-pyrrole nitrogens is 1. The Kier molecular flexibility index (Phi) is 3.16. The van der Waals surface area contributed by atoms with Crippen LogP contribution in [0.1, 0.15) is 18.9 Å². The summed E-state index contributed by atoms with van der Waals surface area (Å²) in [6, 6.07) is 8.32.